The lowest BCUT2D eigenvalue weighted by Gasteiger charge is -2.09. The van der Waals surface area contributed by atoms with Crippen molar-refractivity contribution >= 4 is 22.2 Å². The zero-order valence-corrected chi connectivity index (χ0v) is 10.6. The third kappa shape index (κ3) is 2.19. The van der Waals surface area contributed by atoms with Crippen LogP contribution in [0.1, 0.15) is 11.4 Å². The molecule has 17 heavy (non-hydrogen) atoms. The van der Waals surface area contributed by atoms with Gasteiger partial charge in [0.2, 0.25) is 10.9 Å². The Morgan fingerprint density at radius 1 is 1.53 bits per heavy atom. The van der Waals surface area contributed by atoms with Crippen molar-refractivity contribution in [2.75, 3.05) is 14.1 Å². The summed E-state index contributed by atoms with van der Waals surface area (Å²) < 4.78 is 1.56. The Labute approximate surface area is 102 Å². The minimum Gasteiger partial charge on any atom is -0.348 e. The van der Waals surface area contributed by atoms with Gasteiger partial charge in [0.05, 0.1) is 12.1 Å². The second kappa shape index (κ2) is 4.25. The topological polar surface area (TPSA) is 67.6 Å². The lowest BCUT2D eigenvalue weighted by molar-refractivity contribution is -0.128. The van der Waals surface area contributed by atoms with Crippen molar-refractivity contribution in [1.29, 1.82) is 0 Å². The van der Waals surface area contributed by atoms with Crippen molar-refractivity contribution in [1.82, 2.24) is 19.5 Å². The Kier molecular flexibility index (Phi) is 2.93. The lowest BCUT2D eigenvalue weighted by Crippen LogP contribution is -2.24. The summed E-state index contributed by atoms with van der Waals surface area (Å²) in [6.07, 6.45) is 0.254. The number of hydrogen-bond acceptors (Lipinski definition) is 5. The van der Waals surface area contributed by atoms with Crippen molar-refractivity contribution in [3.05, 3.63) is 27.1 Å². The maximum Gasteiger partial charge on any atom is 0.295 e. The molecule has 0 aromatic carbocycles. The first-order chi connectivity index (χ1) is 7.99. The Morgan fingerprint density at radius 2 is 2.24 bits per heavy atom. The van der Waals surface area contributed by atoms with Gasteiger partial charge in [0.25, 0.3) is 5.56 Å². The number of rotatable bonds is 2. The van der Waals surface area contributed by atoms with Crippen LogP contribution in [0.4, 0.5) is 0 Å². The summed E-state index contributed by atoms with van der Waals surface area (Å²) in [5, 5.41) is 5.93. The second-order valence-corrected chi connectivity index (χ2v) is 4.73. The molecule has 0 atom stereocenters. The summed E-state index contributed by atoms with van der Waals surface area (Å²) in [6, 6.07) is 0. The number of fused-ring (bicyclic) bond motifs is 1. The summed E-state index contributed by atoms with van der Waals surface area (Å²) in [6.45, 7) is 1.61. The number of thiazole rings is 1. The van der Waals surface area contributed by atoms with E-state index in [1.807, 2.05) is 0 Å². The van der Waals surface area contributed by atoms with Gasteiger partial charge in [-0.3, -0.25) is 9.59 Å². The third-order valence-electron chi connectivity index (χ3n) is 2.34. The van der Waals surface area contributed by atoms with Crippen LogP contribution in [0.25, 0.3) is 4.96 Å². The Morgan fingerprint density at radius 3 is 2.88 bits per heavy atom. The molecule has 2 aromatic heterocycles. The molecule has 0 fully saturated rings. The van der Waals surface area contributed by atoms with E-state index in [-0.39, 0.29) is 17.9 Å². The van der Waals surface area contributed by atoms with Crippen LogP contribution in [-0.2, 0) is 11.2 Å². The molecule has 0 unspecified atom stereocenters. The Bertz CT molecular complexity index is 629. The van der Waals surface area contributed by atoms with Gasteiger partial charge < -0.3 is 4.90 Å². The van der Waals surface area contributed by atoms with Crippen LogP contribution in [0.5, 0.6) is 0 Å². The molecule has 0 N–H and O–H groups in total. The van der Waals surface area contributed by atoms with Gasteiger partial charge in [-0.2, -0.15) is 10.1 Å². The highest BCUT2D eigenvalue weighted by Gasteiger charge is 2.12. The predicted molar refractivity (Wildman–Crippen MR) is 64.3 cm³/mol. The maximum atomic E-state index is 11.6. The molecule has 1 amide bonds. The van der Waals surface area contributed by atoms with E-state index in [4.69, 9.17) is 0 Å². The largest absolute Gasteiger partial charge is 0.348 e. The summed E-state index contributed by atoms with van der Waals surface area (Å²) in [4.78, 5) is 28.9. The number of hydrogen-bond donors (Lipinski definition) is 0. The molecule has 0 aliphatic rings. The van der Waals surface area contributed by atoms with Crippen LogP contribution < -0.4 is 5.56 Å². The molecule has 0 radical (unpaired) electrons. The fourth-order valence-corrected chi connectivity index (χ4v) is 2.13. The van der Waals surface area contributed by atoms with E-state index in [0.29, 0.717) is 10.7 Å². The van der Waals surface area contributed by atoms with Gasteiger partial charge in [-0.1, -0.05) is 0 Å². The third-order valence-corrected chi connectivity index (χ3v) is 3.21. The van der Waals surface area contributed by atoms with E-state index in [1.54, 1.807) is 30.9 Å². The predicted octanol–water partition coefficient (Wildman–Crippen LogP) is 0.0901. The molecule has 0 aliphatic carbocycles. The molecule has 0 aliphatic heterocycles. The lowest BCUT2D eigenvalue weighted by atomic mass is 10.3. The summed E-state index contributed by atoms with van der Waals surface area (Å²) in [7, 11) is 3.41. The first-order valence-electron chi connectivity index (χ1n) is 5.03. The van der Waals surface area contributed by atoms with Gasteiger partial charge in [0.15, 0.2) is 0 Å². The molecule has 0 bridgehead atoms. The van der Waals surface area contributed by atoms with Gasteiger partial charge in [-0.25, -0.2) is 4.52 Å². The van der Waals surface area contributed by atoms with E-state index in [1.165, 1.54) is 16.2 Å². The number of carbonyl (C=O) groups is 1. The first kappa shape index (κ1) is 11.7. The van der Waals surface area contributed by atoms with Gasteiger partial charge in [-0.15, -0.1) is 11.3 Å². The molecule has 0 saturated heterocycles. The summed E-state index contributed by atoms with van der Waals surface area (Å²) >= 11 is 1.31. The van der Waals surface area contributed by atoms with Gasteiger partial charge in [-0.05, 0) is 6.92 Å². The molecule has 0 spiro atoms. The highest BCUT2D eigenvalue weighted by molar-refractivity contribution is 7.15. The van der Waals surface area contributed by atoms with Crippen LogP contribution in [0.3, 0.4) is 0 Å². The standard InChI is InChI=1S/C10H12N4O2S/c1-6-9(16)11-10-14(12-6)7(5-17-10)4-8(15)13(2)3/h5H,4H2,1-3H3. The van der Waals surface area contributed by atoms with Gasteiger partial charge in [0.1, 0.15) is 5.69 Å². The molecular weight excluding hydrogens is 240 g/mol. The average Bonchev–Trinajstić information content (AvgIpc) is 2.62. The monoisotopic (exact) mass is 252 g/mol. The normalized spacial score (nSPS) is 10.8. The summed E-state index contributed by atoms with van der Waals surface area (Å²) in [5.41, 5.74) is 0.760. The average molecular weight is 252 g/mol. The van der Waals surface area contributed by atoms with E-state index < -0.39 is 0 Å². The van der Waals surface area contributed by atoms with E-state index >= 15 is 0 Å². The van der Waals surface area contributed by atoms with Crippen LogP contribution in [0.2, 0.25) is 0 Å². The van der Waals surface area contributed by atoms with E-state index in [9.17, 15) is 9.59 Å². The zero-order valence-electron chi connectivity index (χ0n) is 9.80. The van der Waals surface area contributed by atoms with Crippen LogP contribution >= 0.6 is 11.3 Å². The first-order valence-corrected chi connectivity index (χ1v) is 5.91. The van der Waals surface area contributed by atoms with E-state index in [2.05, 4.69) is 10.1 Å². The number of nitrogens with zero attached hydrogens (tertiary/aromatic N) is 4. The van der Waals surface area contributed by atoms with E-state index in [0.717, 1.165) is 5.69 Å². The number of likely N-dealkylation sites (N-methyl/N-ethyl adjacent to an activating group) is 1. The van der Waals surface area contributed by atoms with Crippen molar-refractivity contribution in [2.45, 2.75) is 13.3 Å². The summed E-state index contributed by atoms with van der Waals surface area (Å²) in [5.74, 6) is -0.0112. The Hall–Kier alpha value is -1.76. The van der Waals surface area contributed by atoms with Crippen molar-refractivity contribution in [3.8, 4) is 0 Å². The molecular formula is C10H12N4O2S. The number of aromatic nitrogens is 3. The number of amides is 1. The van der Waals surface area contributed by atoms with Crippen molar-refractivity contribution < 1.29 is 4.79 Å². The van der Waals surface area contributed by atoms with Gasteiger partial charge >= 0.3 is 0 Å². The minimum absolute atomic E-state index is 0.0112. The highest BCUT2D eigenvalue weighted by atomic mass is 32.1. The molecule has 2 heterocycles. The highest BCUT2D eigenvalue weighted by Crippen LogP contribution is 2.12. The Balaban J connectivity index is 2.46. The molecule has 6 nitrogen and oxygen atoms in total. The van der Waals surface area contributed by atoms with Crippen LogP contribution in [0.15, 0.2) is 10.2 Å². The molecule has 0 saturated carbocycles. The second-order valence-electron chi connectivity index (χ2n) is 3.89. The zero-order chi connectivity index (χ0) is 12.6. The molecule has 7 heteroatoms. The fourth-order valence-electron chi connectivity index (χ4n) is 1.31. The quantitative estimate of drug-likeness (QED) is 0.759. The fraction of sp³-hybridized carbons (Fsp3) is 0.400. The van der Waals surface area contributed by atoms with Crippen molar-refractivity contribution in [3.63, 3.8) is 0 Å². The minimum atomic E-state index is -0.322. The smallest absolute Gasteiger partial charge is 0.295 e. The number of aryl methyl sites for hydroxylation is 1. The van der Waals surface area contributed by atoms with Crippen LogP contribution in [0, 0.1) is 6.92 Å². The SMILES string of the molecule is Cc1nn2c(CC(=O)N(C)C)csc2nc1=O. The molecule has 90 valence electrons. The van der Waals surface area contributed by atoms with Crippen LogP contribution in [-0.4, -0.2) is 39.5 Å². The van der Waals surface area contributed by atoms with Crippen molar-refractivity contribution in [2.24, 2.45) is 0 Å². The van der Waals surface area contributed by atoms with Gasteiger partial charge in [0, 0.05) is 19.5 Å². The molecule has 2 aromatic rings. The molecule has 2 rings (SSSR count). The maximum absolute atomic E-state index is 11.6. The number of carbonyl (C=O) groups excluding carboxylic acids is 1.